The van der Waals surface area contributed by atoms with Crippen LogP contribution in [-0.4, -0.2) is 13.0 Å². The lowest BCUT2D eigenvalue weighted by Crippen LogP contribution is -2.13. The SMILES string of the molecule is COc1c(Cl)cc(C(=O)Nc2cccc(C(F)(F)F)c2)cc1OCc1ccccc1. The van der Waals surface area contributed by atoms with Gasteiger partial charge < -0.3 is 14.8 Å². The van der Waals surface area contributed by atoms with E-state index in [-0.39, 0.29) is 34.4 Å². The number of ether oxygens (including phenoxy) is 2. The highest BCUT2D eigenvalue weighted by Crippen LogP contribution is 2.37. The Hall–Kier alpha value is -3.19. The first-order valence-electron chi connectivity index (χ1n) is 8.81. The minimum atomic E-state index is -4.51. The standard InChI is InChI=1S/C22H17ClF3NO3/c1-29-20-18(23)10-15(11-19(20)30-13-14-6-3-2-4-7-14)21(28)27-17-9-5-8-16(12-17)22(24,25)26/h2-12H,13H2,1H3,(H,27,28). The van der Waals surface area contributed by atoms with Gasteiger partial charge in [-0.2, -0.15) is 13.2 Å². The molecule has 0 aromatic heterocycles. The van der Waals surface area contributed by atoms with Crippen molar-refractivity contribution in [3.8, 4) is 11.5 Å². The second-order valence-corrected chi connectivity index (χ2v) is 6.70. The van der Waals surface area contributed by atoms with Crippen LogP contribution in [0, 0.1) is 0 Å². The molecule has 0 unspecified atom stereocenters. The van der Waals surface area contributed by atoms with Crippen LogP contribution in [0.25, 0.3) is 0 Å². The van der Waals surface area contributed by atoms with Gasteiger partial charge in [0.25, 0.3) is 5.91 Å². The lowest BCUT2D eigenvalue weighted by atomic mass is 10.1. The average molecular weight is 436 g/mol. The Morgan fingerprint density at radius 3 is 2.43 bits per heavy atom. The number of benzene rings is 3. The third-order valence-corrected chi connectivity index (χ3v) is 4.44. The molecular formula is C22H17ClF3NO3. The van der Waals surface area contributed by atoms with Gasteiger partial charge >= 0.3 is 6.18 Å². The van der Waals surface area contributed by atoms with Crippen molar-refractivity contribution in [2.45, 2.75) is 12.8 Å². The van der Waals surface area contributed by atoms with E-state index in [0.29, 0.717) is 0 Å². The van der Waals surface area contributed by atoms with E-state index in [1.54, 1.807) is 0 Å². The van der Waals surface area contributed by atoms with Crippen LogP contribution in [0.5, 0.6) is 11.5 Å². The normalized spacial score (nSPS) is 11.1. The van der Waals surface area contributed by atoms with Crippen LogP contribution < -0.4 is 14.8 Å². The maximum absolute atomic E-state index is 12.9. The number of carbonyl (C=O) groups is 1. The van der Waals surface area contributed by atoms with Crippen molar-refractivity contribution in [1.82, 2.24) is 0 Å². The minimum Gasteiger partial charge on any atom is -0.491 e. The Balaban J connectivity index is 1.83. The van der Waals surface area contributed by atoms with Gasteiger partial charge in [-0.3, -0.25) is 4.79 Å². The number of halogens is 4. The van der Waals surface area contributed by atoms with E-state index in [1.165, 1.54) is 31.4 Å². The zero-order chi connectivity index (χ0) is 21.7. The molecule has 0 radical (unpaired) electrons. The first kappa shape index (κ1) is 21.5. The molecule has 1 N–H and O–H groups in total. The van der Waals surface area contributed by atoms with Gasteiger partial charge in [0.1, 0.15) is 6.61 Å². The van der Waals surface area contributed by atoms with E-state index in [1.807, 2.05) is 30.3 Å². The zero-order valence-electron chi connectivity index (χ0n) is 15.8. The Kier molecular flexibility index (Phi) is 6.52. The van der Waals surface area contributed by atoms with Gasteiger partial charge in [-0.25, -0.2) is 0 Å². The first-order chi connectivity index (χ1) is 14.3. The van der Waals surface area contributed by atoms with E-state index in [9.17, 15) is 18.0 Å². The first-order valence-corrected chi connectivity index (χ1v) is 9.18. The highest BCUT2D eigenvalue weighted by atomic mass is 35.5. The Morgan fingerprint density at radius 2 is 1.77 bits per heavy atom. The van der Waals surface area contributed by atoms with Crippen molar-refractivity contribution in [2.75, 3.05) is 12.4 Å². The highest BCUT2D eigenvalue weighted by Gasteiger charge is 2.30. The highest BCUT2D eigenvalue weighted by molar-refractivity contribution is 6.32. The Morgan fingerprint density at radius 1 is 1.03 bits per heavy atom. The molecule has 3 rings (SSSR count). The molecular weight excluding hydrogens is 419 g/mol. The number of hydrogen-bond acceptors (Lipinski definition) is 3. The fourth-order valence-corrected chi connectivity index (χ4v) is 3.00. The predicted octanol–water partition coefficient (Wildman–Crippen LogP) is 6.20. The summed E-state index contributed by atoms with van der Waals surface area (Å²) in [6.07, 6.45) is -4.51. The molecule has 0 aliphatic rings. The van der Waals surface area contributed by atoms with Gasteiger partial charge in [-0.05, 0) is 35.9 Å². The van der Waals surface area contributed by atoms with Crippen LogP contribution in [0.15, 0.2) is 66.7 Å². The van der Waals surface area contributed by atoms with Gasteiger partial charge in [-0.15, -0.1) is 0 Å². The van der Waals surface area contributed by atoms with Crippen LogP contribution in [0.2, 0.25) is 5.02 Å². The molecule has 0 aliphatic heterocycles. The van der Waals surface area contributed by atoms with E-state index < -0.39 is 17.6 Å². The van der Waals surface area contributed by atoms with Gasteiger partial charge in [-0.1, -0.05) is 48.0 Å². The van der Waals surface area contributed by atoms with Crippen molar-refractivity contribution < 1.29 is 27.4 Å². The molecule has 1 amide bonds. The summed E-state index contributed by atoms with van der Waals surface area (Å²) in [4.78, 5) is 12.6. The number of methoxy groups -OCH3 is 1. The Bertz CT molecular complexity index is 1040. The van der Waals surface area contributed by atoms with E-state index in [4.69, 9.17) is 21.1 Å². The summed E-state index contributed by atoms with van der Waals surface area (Å²) < 4.78 is 49.7. The Labute approximate surface area is 176 Å². The fraction of sp³-hybridized carbons (Fsp3) is 0.136. The van der Waals surface area contributed by atoms with Crippen molar-refractivity contribution in [3.63, 3.8) is 0 Å². The third-order valence-electron chi connectivity index (χ3n) is 4.16. The van der Waals surface area contributed by atoms with E-state index in [2.05, 4.69) is 5.32 Å². The summed E-state index contributed by atoms with van der Waals surface area (Å²) in [6, 6.07) is 16.5. The van der Waals surface area contributed by atoms with Gasteiger partial charge in [0, 0.05) is 11.3 Å². The van der Waals surface area contributed by atoms with E-state index >= 15 is 0 Å². The van der Waals surface area contributed by atoms with Crippen molar-refractivity contribution in [1.29, 1.82) is 0 Å². The molecule has 4 nitrogen and oxygen atoms in total. The average Bonchev–Trinajstić information content (AvgIpc) is 2.72. The molecule has 156 valence electrons. The molecule has 0 aliphatic carbocycles. The van der Waals surface area contributed by atoms with Crippen LogP contribution in [0.3, 0.4) is 0 Å². The molecule has 8 heteroatoms. The molecule has 3 aromatic rings. The van der Waals surface area contributed by atoms with Gasteiger partial charge in [0.2, 0.25) is 0 Å². The summed E-state index contributed by atoms with van der Waals surface area (Å²) in [5, 5.41) is 2.58. The summed E-state index contributed by atoms with van der Waals surface area (Å²) in [6.45, 7) is 0.215. The fourth-order valence-electron chi connectivity index (χ4n) is 2.72. The number of carbonyl (C=O) groups excluding carboxylic acids is 1. The molecule has 0 heterocycles. The second-order valence-electron chi connectivity index (χ2n) is 6.30. The van der Waals surface area contributed by atoms with Crippen LogP contribution in [0.4, 0.5) is 18.9 Å². The summed E-state index contributed by atoms with van der Waals surface area (Å²) in [5.41, 5.74) is 0.157. The van der Waals surface area contributed by atoms with Crippen LogP contribution >= 0.6 is 11.6 Å². The third kappa shape index (κ3) is 5.24. The number of hydrogen-bond donors (Lipinski definition) is 1. The quantitative estimate of drug-likeness (QED) is 0.501. The number of amides is 1. The number of alkyl halides is 3. The van der Waals surface area contributed by atoms with Crippen molar-refractivity contribution in [2.24, 2.45) is 0 Å². The predicted molar refractivity (Wildman–Crippen MR) is 108 cm³/mol. The molecule has 0 atom stereocenters. The topological polar surface area (TPSA) is 47.6 Å². The monoisotopic (exact) mass is 435 g/mol. The minimum absolute atomic E-state index is 0.00789. The maximum Gasteiger partial charge on any atom is 0.416 e. The number of anilines is 1. The van der Waals surface area contributed by atoms with Crippen LogP contribution in [-0.2, 0) is 12.8 Å². The second kappa shape index (κ2) is 9.09. The van der Waals surface area contributed by atoms with Gasteiger partial charge in [0.15, 0.2) is 11.5 Å². The smallest absolute Gasteiger partial charge is 0.416 e. The molecule has 3 aromatic carbocycles. The summed E-state index contributed by atoms with van der Waals surface area (Å²) >= 11 is 6.21. The van der Waals surface area contributed by atoms with Crippen molar-refractivity contribution >= 4 is 23.2 Å². The zero-order valence-corrected chi connectivity index (χ0v) is 16.6. The molecule has 0 spiro atoms. The van der Waals surface area contributed by atoms with Crippen molar-refractivity contribution in [3.05, 3.63) is 88.4 Å². The number of rotatable bonds is 6. The largest absolute Gasteiger partial charge is 0.491 e. The lowest BCUT2D eigenvalue weighted by Gasteiger charge is -2.15. The number of nitrogens with one attached hydrogen (secondary N) is 1. The molecule has 0 saturated heterocycles. The maximum atomic E-state index is 12.9. The molecule has 0 saturated carbocycles. The molecule has 0 bridgehead atoms. The van der Waals surface area contributed by atoms with E-state index in [0.717, 1.165) is 17.7 Å². The van der Waals surface area contributed by atoms with Crippen LogP contribution in [0.1, 0.15) is 21.5 Å². The lowest BCUT2D eigenvalue weighted by molar-refractivity contribution is -0.137. The molecule has 30 heavy (non-hydrogen) atoms. The van der Waals surface area contributed by atoms with Gasteiger partial charge in [0.05, 0.1) is 17.7 Å². The molecule has 0 fully saturated rings. The summed E-state index contributed by atoms with van der Waals surface area (Å²) in [5.74, 6) is -0.144. The summed E-state index contributed by atoms with van der Waals surface area (Å²) in [7, 11) is 1.42.